The molecule has 4 rings (SSSR count). The number of carbonyl (C=O) groups is 3. The number of Topliss-reactive ketones (excluding diaryl/α,β-unsaturated/α-hetero) is 1. The maximum absolute atomic E-state index is 12.0. The van der Waals surface area contributed by atoms with E-state index in [1.54, 1.807) is 4.90 Å². The van der Waals surface area contributed by atoms with Gasteiger partial charge < -0.3 is 19.3 Å². The lowest BCUT2D eigenvalue weighted by Gasteiger charge is -2.26. The molecular formula is C27H46N2O5. The highest BCUT2D eigenvalue weighted by atomic mass is 16.6. The van der Waals surface area contributed by atoms with E-state index in [0.29, 0.717) is 49.0 Å². The van der Waals surface area contributed by atoms with Crippen molar-refractivity contribution < 1.29 is 23.9 Å². The van der Waals surface area contributed by atoms with Gasteiger partial charge in [0.05, 0.1) is 0 Å². The van der Waals surface area contributed by atoms with Crippen LogP contribution in [0.4, 0.5) is 9.59 Å². The zero-order valence-electron chi connectivity index (χ0n) is 22.7. The summed E-state index contributed by atoms with van der Waals surface area (Å²) in [5.74, 6) is 4.10. The summed E-state index contributed by atoms with van der Waals surface area (Å²) in [4.78, 5) is 39.1. The van der Waals surface area contributed by atoms with Crippen LogP contribution in [0.15, 0.2) is 0 Å². The summed E-state index contributed by atoms with van der Waals surface area (Å²) in [5.41, 5.74) is -0.829. The predicted octanol–water partition coefficient (Wildman–Crippen LogP) is 5.22. The zero-order chi connectivity index (χ0) is 25.6. The summed E-state index contributed by atoms with van der Waals surface area (Å²) < 4.78 is 10.8. The van der Waals surface area contributed by atoms with Gasteiger partial charge in [0.2, 0.25) is 0 Å². The van der Waals surface area contributed by atoms with Gasteiger partial charge in [-0.15, -0.1) is 0 Å². The minimum atomic E-state index is -0.448. The number of nitrogens with zero attached hydrogens (tertiary/aromatic N) is 2. The van der Waals surface area contributed by atoms with Crippen molar-refractivity contribution in [1.82, 2.24) is 9.80 Å². The second-order valence-corrected chi connectivity index (χ2v) is 13.1. The number of carbonyl (C=O) groups excluding carboxylic acids is 3. The minimum Gasteiger partial charge on any atom is -0.444 e. The molecule has 34 heavy (non-hydrogen) atoms. The Bertz CT molecular complexity index is 783. The molecule has 2 aliphatic carbocycles. The van der Waals surface area contributed by atoms with E-state index < -0.39 is 5.60 Å². The van der Waals surface area contributed by atoms with E-state index in [1.165, 1.54) is 6.42 Å². The number of ether oxygens (including phenoxy) is 2. The number of fused-ring (bicyclic) bond motifs is 2. The Kier molecular flexibility index (Phi) is 7.64. The van der Waals surface area contributed by atoms with Gasteiger partial charge in [-0.2, -0.15) is 0 Å². The first kappa shape index (κ1) is 26.8. The fourth-order valence-corrected chi connectivity index (χ4v) is 6.17. The molecule has 2 amide bonds. The monoisotopic (exact) mass is 478 g/mol. The summed E-state index contributed by atoms with van der Waals surface area (Å²) >= 11 is 0. The number of amides is 2. The smallest absolute Gasteiger partial charge is 0.410 e. The van der Waals surface area contributed by atoms with Crippen LogP contribution in [-0.2, 0) is 14.3 Å². The van der Waals surface area contributed by atoms with Crippen LogP contribution in [0.5, 0.6) is 0 Å². The molecule has 7 atom stereocenters. The molecule has 0 N–H and O–H groups in total. The lowest BCUT2D eigenvalue weighted by Crippen LogP contribution is -2.36. The average molecular weight is 479 g/mol. The van der Waals surface area contributed by atoms with Crippen molar-refractivity contribution in [2.45, 2.75) is 86.4 Å². The molecule has 0 aromatic heterocycles. The van der Waals surface area contributed by atoms with Gasteiger partial charge in [0.25, 0.3) is 0 Å². The second-order valence-electron chi connectivity index (χ2n) is 13.1. The van der Waals surface area contributed by atoms with E-state index in [-0.39, 0.29) is 23.7 Å². The predicted molar refractivity (Wildman–Crippen MR) is 131 cm³/mol. The lowest BCUT2D eigenvalue weighted by molar-refractivity contribution is -0.121. The van der Waals surface area contributed by atoms with Crippen molar-refractivity contribution in [3.8, 4) is 0 Å². The Morgan fingerprint density at radius 2 is 1.24 bits per heavy atom. The third kappa shape index (κ3) is 6.25. The zero-order valence-corrected chi connectivity index (χ0v) is 22.7. The van der Waals surface area contributed by atoms with Crippen molar-refractivity contribution in [1.29, 1.82) is 0 Å². The van der Waals surface area contributed by atoms with E-state index in [4.69, 9.17) is 9.47 Å². The Morgan fingerprint density at radius 1 is 0.765 bits per heavy atom. The highest BCUT2D eigenvalue weighted by Gasteiger charge is 2.47. The summed E-state index contributed by atoms with van der Waals surface area (Å²) in [5, 5.41) is 0. The van der Waals surface area contributed by atoms with Crippen LogP contribution in [0.2, 0.25) is 0 Å². The minimum absolute atomic E-state index is 0.104. The van der Waals surface area contributed by atoms with E-state index in [9.17, 15) is 14.4 Å². The topological polar surface area (TPSA) is 76.2 Å². The molecule has 0 radical (unpaired) electrons. The molecule has 2 saturated heterocycles. The summed E-state index contributed by atoms with van der Waals surface area (Å²) in [6.45, 7) is 21.2. The average Bonchev–Trinajstić information content (AvgIpc) is 3.39. The van der Waals surface area contributed by atoms with Crippen molar-refractivity contribution in [3.05, 3.63) is 0 Å². The van der Waals surface area contributed by atoms with Crippen LogP contribution in [-0.4, -0.2) is 65.2 Å². The van der Waals surface area contributed by atoms with Gasteiger partial charge in [-0.25, -0.2) is 9.59 Å². The van der Waals surface area contributed by atoms with Gasteiger partial charge in [0.1, 0.15) is 17.0 Å². The van der Waals surface area contributed by atoms with E-state index in [0.717, 1.165) is 24.9 Å². The number of hydrogen-bond donors (Lipinski definition) is 0. The summed E-state index contributed by atoms with van der Waals surface area (Å²) in [7, 11) is 0. The van der Waals surface area contributed by atoms with Gasteiger partial charge >= 0.3 is 12.2 Å². The van der Waals surface area contributed by atoms with Crippen LogP contribution in [0.1, 0.15) is 75.2 Å². The van der Waals surface area contributed by atoms with E-state index in [1.807, 2.05) is 53.4 Å². The van der Waals surface area contributed by atoms with Crippen LogP contribution in [0.25, 0.3) is 0 Å². The first-order valence-corrected chi connectivity index (χ1v) is 13.0. The highest BCUT2D eigenvalue weighted by Crippen LogP contribution is 2.45. The molecule has 194 valence electrons. The fourth-order valence-electron chi connectivity index (χ4n) is 6.17. The normalized spacial score (nSPS) is 35.0. The highest BCUT2D eigenvalue weighted by molar-refractivity contribution is 5.84. The number of likely N-dealkylation sites (tertiary alicyclic amines) is 2. The molecule has 4 aliphatic rings. The van der Waals surface area contributed by atoms with Gasteiger partial charge in [-0.3, -0.25) is 4.79 Å². The first-order valence-electron chi connectivity index (χ1n) is 13.0. The van der Waals surface area contributed by atoms with Gasteiger partial charge in [0, 0.05) is 38.5 Å². The standard InChI is InChI=1S/C14H25NO2.C13H21NO3/c1-9-6-11-7-15(8-12(11)10(9)2)13(16)17-14(3,4)5;1-8-10-7-14(6-9(10)5-11(8)15)12(16)17-13(2,3)4/h9-12H,6-8H2,1-5H3;8-10H,5-7H2,1-4H3. The second kappa shape index (κ2) is 9.69. The Hall–Kier alpha value is -1.79. The van der Waals surface area contributed by atoms with Crippen molar-refractivity contribution in [2.75, 3.05) is 26.2 Å². The van der Waals surface area contributed by atoms with Crippen LogP contribution in [0.3, 0.4) is 0 Å². The molecule has 0 bridgehead atoms. The van der Waals surface area contributed by atoms with Crippen molar-refractivity contribution >= 4 is 18.0 Å². The van der Waals surface area contributed by atoms with Crippen molar-refractivity contribution in [3.63, 3.8) is 0 Å². The maximum Gasteiger partial charge on any atom is 0.410 e. The molecule has 0 aromatic rings. The molecule has 2 aliphatic heterocycles. The molecule has 2 saturated carbocycles. The fraction of sp³-hybridized carbons (Fsp3) is 0.889. The maximum atomic E-state index is 12.0. The summed E-state index contributed by atoms with van der Waals surface area (Å²) in [6.07, 6.45) is 1.52. The van der Waals surface area contributed by atoms with Crippen molar-refractivity contribution in [2.24, 2.45) is 41.4 Å². The van der Waals surface area contributed by atoms with Crippen LogP contribution < -0.4 is 0 Å². The Labute approximate surface area is 205 Å². The number of ketones is 1. The first-order chi connectivity index (χ1) is 15.6. The molecule has 7 heteroatoms. The van der Waals surface area contributed by atoms with E-state index >= 15 is 0 Å². The molecule has 7 unspecified atom stereocenters. The summed E-state index contributed by atoms with van der Waals surface area (Å²) in [6, 6.07) is 0. The largest absolute Gasteiger partial charge is 0.444 e. The Balaban J connectivity index is 0.000000191. The third-order valence-electron chi connectivity index (χ3n) is 8.15. The van der Waals surface area contributed by atoms with E-state index in [2.05, 4.69) is 13.8 Å². The molecular weight excluding hydrogens is 432 g/mol. The number of rotatable bonds is 0. The molecule has 7 nitrogen and oxygen atoms in total. The molecule has 0 spiro atoms. The lowest BCUT2D eigenvalue weighted by atomic mass is 9.91. The van der Waals surface area contributed by atoms with Crippen LogP contribution in [0, 0.1) is 41.4 Å². The molecule has 4 fully saturated rings. The third-order valence-corrected chi connectivity index (χ3v) is 8.15. The number of hydrogen-bond acceptors (Lipinski definition) is 5. The van der Waals surface area contributed by atoms with Crippen LogP contribution >= 0.6 is 0 Å². The molecule has 0 aromatic carbocycles. The van der Waals surface area contributed by atoms with Gasteiger partial charge in [0.15, 0.2) is 0 Å². The van der Waals surface area contributed by atoms with Gasteiger partial charge in [-0.05, 0) is 83.5 Å². The SMILES string of the molecule is CC1C(=O)CC2CN(C(=O)OC(C)(C)C)CC21.CC1CC2CN(C(=O)OC(C)(C)C)CC2C1C. The quantitative estimate of drug-likeness (QED) is 0.477. The van der Waals surface area contributed by atoms with Gasteiger partial charge in [-0.1, -0.05) is 20.8 Å². The molecule has 2 heterocycles. The Morgan fingerprint density at radius 3 is 1.68 bits per heavy atom.